The second-order valence-corrected chi connectivity index (χ2v) is 4.10. The number of nitrogens with one attached hydrogen (secondary N) is 1. The van der Waals surface area contributed by atoms with E-state index in [2.05, 4.69) is 23.4 Å². The molecule has 1 aliphatic rings. The van der Waals surface area contributed by atoms with Gasteiger partial charge in [0.05, 0.1) is 6.04 Å². The van der Waals surface area contributed by atoms with Crippen LogP contribution in [0.1, 0.15) is 30.5 Å². The third kappa shape index (κ3) is 1.98. The van der Waals surface area contributed by atoms with Crippen LogP contribution in [0.2, 0.25) is 0 Å². The van der Waals surface area contributed by atoms with Gasteiger partial charge in [-0.1, -0.05) is 12.0 Å². The van der Waals surface area contributed by atoms with E-state index in [9.17, 15) is 0 Å². The summed E-state index contributed by atoms with van der Waals surface area (Å²) in [5.41, 5.74) is 9.33. The van der Waals surface area contributed by atoms with E-state index in [1.165, 1.54) is 11.1 Å². The monoisotopic (exact) mass is 200 g/mol. The Morgan fingerprint density at radius 1 is 1.60 bits per heavy atom. The molecule has 1 aromatic carbocycles. The molecule has 0 saturated carbocycles. The summed E-state index contributed by atoms with van der Waals surface area (Å²) >= 11 is 0. The van der Waals surface area contributed by atoms with Gasteiger partial charge in [0.15, 0.2) is 0 Å². The summed E-state index contributed by atoms with van der Waals surface area (Å²) in [4.78, 5) is 0. The van der Waals surface area contributed by atoms with Crippen LogP contribution in [0.15, 0.2) is 18.2 Å². The second-order valence-electron chi connectivity index (χ2n) is 4.10. The minimum atomic E-state index is 0.113. The maximum Gasteiger partial charge on any atom is 0.0663 e. The molecule has 0 fully saturated rings. The molecule has 0 saturated heterocycles. The lowest BCUT2D eigenvalue weighted by Gasteiger charge is -2.16. The van der Waals surface area contributed by atoms with Gasteiger partial charge in [-0.2, -0.15) is 0 Å². The lowest BCUT2D eigenvalue weighted by molar-refractivity contribution is 0.508. The summed E-state index contributed by atoms with van der Waals surface area (Å²) in [6, 6.07) is 6.62. The fourth-order valence-electron chi connectivity index (χ4n) is 2.14. The lowest BCUT2D eigenvalue weighted by atomic mass is 10.1. The van der Waals surface area contributed by atoms with Crippen molar-refractivity contribution in [1.82, 2.24) is 5.32 Å². The predicted octanol–water partition coefficient (Wildman–Crippen LogP) is 1.87. The van der Waals surface area contributed by atoms with Crippen LogP contribution in [0, 0.1) is 12.3 Å². The largest absolute Gasteiger partial charge is 0.399 e. The number of hydrogen-bond acceptors (Lipinski definition) is 2. The van der Waals surface area contributed by atoms with Crippen LogP contribution >= 0.6 is 0 Å². The number of aryl methyl sites for hydroxylation is 1. The molecule has 15 heavy (non-hydrogen) atoms. The highest BCUT2D eigenvalue weighted by Gasteiger charge is 2.22. The van der Waals surface area contributed by atoms with E-state index in [4.69, 9.17) is 12.2 Å². The summed E-state index contributed by atoms with van der Waals surface area (Å²) in [6.07, 6.45) is 7.59. The maximum atomic E-state index is 5.79. The topological polar surface area (TPSA) is 38.0 Å². The first-order chi connectivity index (χ1) is 7.20. The van der Waals surface area contributed by atoms with E-state index in [-0.39, 0.29) is 6.04 Å². The Balaban J connectivity index is 2.21. The first-order valence-electron chi connectivity index (χ1n) is 5.31. The molecule has 0 amide bonds. The minimum Gasteiger partial charge on any atom is -0.399 e. The van der Waals surface area contributed by atoms with Crippen molar-refractivity contribution in [3.8, 4) is 12.3 Å². The van der Waals surface area contributed by atoms with Crippen molar-refractivity contribution in [2.75, 3.05) is 5.73 Å². The summed E-state index contributed by atoms with van der Waals surface area (Å²) in [5, 5.41) is 3.42. The van der Waals surface area contributed by atoms with Gasteiger partial charge in [0.2, 0.25) is 0 Å². The van der Waals surface area contributed by atoms with E-state index in [0.717, 1.165) is 18.5 Å². The number of terminal acetylenes is 1. The number of rotatable bonds is 2. The van der Waals surface area contributed by atoms with Gasteiger partial charge in [0.1, 0.15) is 0 Å². The molecular weight excluding hydrogens is 184 g/mol. The zero-order valence-electron chi connectivity index (χ0n) is 8.96. The van der Waals surface area contributed by atoms with Gasteiger partial charge in [-0.15, -0.1) is 6.42 Å². The quantitative estimate of drug-likeness (QED) is 0.565. The molecule has 0 spiro atoms. The zero-order valence-corrected chi connectivity index (χ0v) is 8.96. The van der Waals surface area contributed by atoms with Gasteiger partial charge in [0, 0.05) is 11.7 Å². The Labute approximate surface area is 90.9 Å². The van der Waals surface area contributed by atoms with E-state index in [0.29, 0.717) is 6.04 Å². The molecule has 2 atom stereocenters. The highest BCUT2D eigenvalue weighted by atomic mass is 14.9. The average molecular weight is 200 g/mol. The summed E-state index contributed by atoms with van der Waals surface area (Å²) in [7, 11) is 0. The van der Waals surface area contributed by atoms with Gasteiger partial charge in [-0.25, -0.2) is 0 Å². The fourth-order valence-corrected chi connectivity index (χ4v) is 2.14. The van der Waals surface area contributed by atoms with Crippen LogP contribution in [0.4, 0.5) is 5.69 Å². The summed E-state index contributed by atoms with van der Waals surface area (Å²) < 4.78 is 0. The van der Waals surface area contributed by atoms with E-state index in [1.807, 2.05) is 13.0 Å². The highest BCUT2D eigenvalue weighted by molar-refractivity contribution is 5.48. The van der Waals surface area contributed by atoms with Crippen LogP contribution < -0.4 is 11.1 Å². The molecule has 1 aliphatic carbocycles. The molecule has 0 bridgehead atoms. The normalized spacial score (nSPS) is 20.7. The molecule has 0 radical (unpaired) electrons. The Morgan fingerprint density at radius 2 is 2.40 bits per heavy atom. The lowest BCUT2D eigenvalue weighted by Crippen LogP contribution is -2.27. The molecule has 2 unspecified atom stereocenters. The van der Waals surface area contributed by atoms with Crippen LogP contribution in [0.5, 0.6) is 0 Å². The molecule has 2 nitrogen and oxygen atoms in total. The highest BCUT2D eigenvalue weighted by Crippen LogP contribution is 2.32. The number of nitrogen functional groups attached to an aromatic ring is 1. The molecule has 0 heterocycles. The zero-order chi connectivity index (χ0) is 10.8. The van der Waals surface area contributed by atoms with Crippen LogP contribution in [0.3, 0.4) is 0 Å². The van der Waals surface area contributed by atoms with Crippen LogP contribution in [-0.2, 0) is 6.42 Å². The van der Waals surface area contributed by atoms with Crippen LogP contribution in [-0.4, -0.2) is 6.04 Å². The van der Waals surface area contributed by atoms with Crippen molar-refractivity contribution in [3.05, 3.63) is 29.3 Å². The van der Waals surface area contributed by atoms with Gasteiger partial charge in [-0.3, -0.25) is 5.32 Å². The van der Waals surface area contributed by atoms with Crippen molar-refractivity contribution >= 4 is 5.69 Å². The molecular formula is C13H16N2. The number of anilines is 1. The molecule has 1 aromatic rings. The van der Waals surface area contributed by atoms with Crippen molar-refractivity contribution < 1.29 is 0 Å². The number of fused-ring (bicyclic) bond motifs is 1. The third-order valence-corrected chi connectivity index (χ3v) is 2.95. The molecule has 78 valence electrons. The maximum absolute atomic E-state index is 5.79. The van der Waals surface area contributed by atoms with Crippen molar-refractivity contribution in [3.63, 3.8) is 0 Å². The second kappa shape index (κ2) is 3.96. The standard InChI is InChI=1S/C13H16N2/c1-3-9(2)15-13-7-5-10-4-6-11(14)8-12(10)13/h1,4,6,8-9,13,15H,5,7,14H2,2H3. The molecule has 2 heteroatoms. The van der Waals surface area contributed by atoms with Crippen molar-refractivity contribution in [1.29, 1.82) is 0 Å². The summed E-state index contributed by atoms with van der Waals surface area (Å²) in [6.45, 7) is 2.00. The Kier molecular flexibility index (Phi) is 2.66. The third-order valence-electron chi connectivity index (χ3n) is 2.95. The van der Waals surface area contributed by atoms with E-state index >= 15 is 0 Å². The Morgan fingerprint density at radius 3 is 3.13 bits per heavy atom. The molecule has 0 aromatic heterocycles. The van der Waals surface area contributed by atoms with E-state index < -0.39 is 0 Å². The smallest absolute Gasteiger partial charge is 0.0663 e. The first kappa shape index (κ1) is 10.1. The Hall–Kier alpha value is -1.46. The molecule has 0 aliphatic heterocycles. The van der Waals surface area contributed by atoms with Gasteiger partial charge < -0.3 is 5.73 Å². The number of nitrogens with two attached hydrogens (primary N) is 1. The molecule has 2 rings (SSSR count). The fraction of sp³-hybridized carbons (Fsp3) is 0.385. The van der Waals surface area contributed by atoms with Crippen molar-refractivity contribution in [2.24, 2.45) is 0 Å². The minimum absolute atomic E-state index is 0.113. The summed E-state index contributed by atoms with van der Waals surface area (Å²) in [5.74, 6) is 2.69. The van der Waals surface area contributed by atoms with Crippen LogP contribution in [0.25, 0.3) is 0 Å². The molecule has 3 N–H and O–H groups in total. The average Bonchev–Trinajstić information content (AvgIpc) is 2.61. The predicted molar refractivity (Wildman–Crippen MR) is 63.3 cm³/mol. The number of hydrogen-bond donors (Lipinski definition) is 2. The Bertz CT molecular complexity index is 403. The van der Waals surface area contributed by atoms with Crippen molar-refractivity contribution in [2.45, 2.75) is 31.8 Å². The van der Waals surface area contributed by atoms with Gasteiger partial charge in [-0.05, 0) is 43.0 Å². The number of benzene rings is 1. The SMILES string of the molecule is C#CC(C)NC1CCc2ccc(N)cc21. The van der Waals surface area contributed by atoms with Gasteiger partial charge >= 0.3 is 0 Å². The van der Waals surface area contributed by atoms with E-state index in [1.54, 1.807) is 0 Å². The van der Waals surface area contributed by atoms with Gasteiger partial charge in [0.25, 0.3) is 0 Å². The first-order valence-corrected chi connectivity index (χ1v) is 5.31.